The Bertz CT molecular complexity index is 730. The van der Waals surface area contributed by atoms with E-state index in [0.29, 0.717) is 32.7 Å². The first-order chi connectivity index (χ1) is 13.6. The van der Waals surface area contributed by atoms with Crippen LogP contribution in [0.15, 0.2) is 12.1 Å². The highest BCUT2D eigenvalue weighted by Crippen LogP contribution is 2.20. The molecule has 3 heterocycles. The lowest BCUT2D eigenvalue weighted by Gasteiger charge is -2.36. The highest BCUT2D eigenvalue weighted by molar-refractivity contribution is 5.82. The van der Waals surface area contributed by atoms with Crippen molar-refractivity contribution in [3.05, 3.63) is 29.1 Å². The number of aromatic nitrogens is 1. The predicted octanol–water partition coefficient (Wildman–Crippen LogP) is 1.41. The summed E-state index contributed by atoms with van der Waals surface area (Å²) in [5, 5.41) is 2.99. The SMILES string of the molecule is CN1CCCC1C(=O)N1CCN(C(=O)NCc2ccc3c(n2)CCCC3)CC1. The van der Waals surface area contributed by atoms with Crippen molar-refractivity contribution in [1.29, 1.82) is 0 Å². The van der Waals surface area contributed by atoms with E-state index in [4.69, 9.17) is 4.98 Å². The van der Waals surface area contributed by atoms with Gasteiger partial charge >= 0.3 is 6.03 Å². The molecule has 7 heteroatoms. The van der Waals surface area contributed by atoms with Gasteiger partial charge in [0.25, 0.3) is 0 Å². The Morgan fingerprint density at radius 2 is 1.79 bits per heavy atom. The maximum atomic E-state index is 12.7. The molecule has 1 aliphatic carbocycles. The summed E-state index contributed by atoms with van der Waals surface area (Å²) in [6.07, 6.45) is 6.65. The zero-order valence-corrected chi connectivity index (χ0v) is 16.8. The number of likely N-dealkylation sites (tertiary alicyclic amines) is 1. The van der Waals surface area contributed by atoms with Crippen molar-refractivity contribution in [2.75, 3.05) is 39.8 Å². The molecule has 1 N–H and O–H groups in total. The minimum absolute atomic E-state index is 0.0236. The Hall–Kier alpha value is -2.15. The molecule has 2 saturated heterocycles. The second kappa shape index (κ2) is 8.47. The van der Waals surface area contributed by atoms with Gasteiger partial charge in [0.1, 0.15) is 0 Å². The number of likely N-dealkylation sites (N-methyl/N-ethyl adjacent to an activating group) is 1. The van der Waals surface area contributed by atoms with Gasteiger partial charge in [-0.2, -0.15) is 0 Å². The first kappa shape index (κ1) is 19.2. The van der Waals surface area contributed by atoms with Crippen LogP contribution >= 0.6 is 0 Å². The number of hydrogen-bond acceptors (Lipinski definition) is 4. The van der Waals surface area contributed by atoms with E-state index in [-0.39, 0.29) is 18.0 Å². The van der Waals surface area contributed by atoms with Crippen LogP contribution in [0.2, 0.25) is 0 Å². The lowest BCUT2D eigenvalue weighted by Crippen LogP contribution is -2.55. The maximum Gasteiger partial charge on any atom is 0.317 e. The van der Waals surface area contributed by atoms with E-state index in [0.717, 1.165) is 37.9 Å². The Balaban J connectivity index is 1.24. The van der Waals surface area contributed by atoms with Gasteiger partial charge in [-0.3, -0.25) is 14.7 Å². The molecule has 1 unspecified atom stereocenters. The van der Waals surface area contributed by atoms with E-state index in [2.05, 4.69) is 16.3 Å². The molecule has 3 amide bonds. The van der Waals surface area contributed by atoms with Gasteiger partial charge in [0.05, 0.1) is 18.3 Å². The van der Waals surface area contributed by atoms with Crippen LogP contribution in [-0.4, -0.2) is 77.4 Å². The lowest BCUT2D eigenvalue weighted by atomic mass is 9.96. The summed E-state index contributed by atoms with van der Waals surface area (Å²) in [5.41, 5.74) is 3.48. The van der Waals surface area contributed by atoms with E-state index >= 15 is 0 Å². The molecule has 1 aromatic heterocycles. The van der Waals surface area contributed by atoms with Crippen LogP contribution in [0.25, 0.3) is 0 Å². The van der Waals surface area contributed by atoms with E-state index in [1.54, 1.807) is 4.90 Å². The first-order valence-corrected chi connectivity index (χ1v) is 10.6. The topological polar surface area (TPSA) is 68.8 Å². The quantitative estimate of drug-likeness (QED) is 0.854. The molecule has 3 aliphatic rings. The molecule has 0 aromatic carbocycles. The maximum absolute atomic E-state index is 12.7. The third-order valence-electron chi connectivity index (χ3n) is 6.34. The van der Waals surface area contributed by atoms with Crippen molar-refractivity contribution in [2.24, 2.45) is 0 Å². The minimum Gasteiger partial charge on any atom is -0.338 e. The van der Waals surface area contributed by atoms with Gasteiger partial charge in [-0.1, -0.05) is 6.07 Å². The molecule has 7 nitrogen and oxygen atoms in total. The number of carbonyl (C=O) groups excluding carboxylic acids is 2. The second-order valence-corrected chi connectivity index (χ2v) is 8.23. The fraction of sp³-hybridized carbons (Fsp3) is 0.667. The molecule has 1 atom stereocenters. The molecule has 0 radical (unpaired) electrons. The van der Waals surface area contributed by atoms with Crippen LogP contribution in [0.5, 0.6) is 0 Å². The van der Waals surface area contributed by atoms with Gasteiger partial charge < -0.3 is 15.1 Å². The van der Waals surface area contributed by atoms with Crippen LogP contribution in [0, 0.1) is 0 Å². The predicted molar refractivity (Wildman–Crippen MR) is 107 cm³/mol. The van der Waals surface area contributed by atoms with Crippen molar-refractivity contribution in [3.8, 4) is 0 Å². The van der Waals surface area contributed by atoms with Crippen molar-refractivity contribution in [3.63, 3.8) is 0 Å². The van der Waals surface area contributed by atoms with Gasteiger partial charge in [-0.05, 0) is 63.7 Å². The largest absolute Gasteiger partial charge is 0.338 e. The number of nitrogens with zero attached hydrogens (tertiary/aromatic N) is 4. The summed E-state index contributed by atoms with van der Waals surface area (Å²) < 4.78 is 0. The van der Waals surface area contributed by atoms with Crippen molar-refractivity contribution < 1.29 is 9.59 Å². The van der Waals surface area contributed by atoms with Crippen LogP contribution in [0.3, 0.4) is 0 Å². The van der Waals surface area contributed by atoms with E-state index < -0.39 is 0 Å². The normalized spacial score (nSPS) is 22.8. The van der Waals surface area contributed by atoms with Gasteiger partial charge in [0.15, 0.2) is 0 Å². The average Bonchev–Trinajstić information content (AvgIpc) is 3.17. The summed E-state index contributed by atoms with van der Waals surface area (Å²) in [4.78, 5) is 35.8. The molecule has 0 spiro atoms. The molecule has 28 heavy (non-hydrogen) atoms. The van der Waals surface area contributed by atoms with Crippen LogP contribution in [0.1, 0.15) is 42.6 Å². The summed E-state index contributed by atoms with van der Waals surface area (Å²) in [6, 6.07) is 4.15. The number of aryl methyl sites for hydroxylation is 2. The van der Waals surface area contributed by atoms with Gasteiger partial charge in [0.2, 0.25) is 5.91 Å². The molecular weight excluding hydrogens is 354 g/mol. The number of amides is 3. The number of carbonyl (C=O) groups is 2. The van der Waals surface area contributed by atoms with E-state index in [1.807, 2.05) is 18.0 Å². The molecule has 2 fully saturated rings. The number of pyridine rings is 1. The third kappa shape index (κ3) is 4.14. The van der Waals surface area contributed by atoms with Crippen LogP contribution in [-0.2, 0) is 24.2 Å². The van der Waals surface area contributed by atoms with Crippen molar-refractivity contribution in [1.82, 2.24) is 25.0 Å². The molecule has 0 saturated carbocycles. The van der Waals surface area contributed by atoms with Gasteiger partial charge in [-0.25, -0.2) is 4.79 Å². The van der Waals surface area contributed by atoms with Gasteiger partial charge in [0, 0.05) is 31.9 Å². The smallest absolute Gasteiger partial charge is 0.317 e. The number of fused-ring (bicyclic) bond motifs is 1. The highest BCUT2D eigenvalue weighted by Gasteiger charge is 2.33. The summed E-state index contributed by atoms with van der Waals surface area (Å²) in [5.74, 6) is 0.221. The fourth-order valence-corrected chi connectivity index (χ4v) is 4.57. The molecule has 0 bridgehead atoms. The minimum atomic E-state index is -0.0652. The molecular formula is C21H31N5O2. The van der Waals surface area contributed by atoms with Crippen LogP contribution in [0.4, 0.5) is 4.79 Å². The number of nitrogens with one attached hydrogen (secondary N) is 1. The second-order valence-electron chi connectivity index (χ2n) is 8.23. The Kier molecular flexibility index (Phi) is 5.80. The third-order valence-corrected chi connectivity index (χ3v) is 6.34. The van der Waals surface area contributed by atoms with Crippen molar-refractivity contribution >= 4 is 11.9 Å². The van der Waals surface area contributed by atoms with Gasteiger partial charge in [-0.15, -0.1) is 0 Å². The number of piperazine rings is 1. The number of rotatable bonds is 3. The molecule has 2 aliphatic heterocycles. The summed E-state index contributed by atoms with van der Waals surface area (Å²) >= 11 is 0. The molecule has 4 rings (SSSR count). The van der Waals surface area contributed by atoms with Crippen LogP contribution < -0.4 is 5.32 Å². The molecule has 152 valence electrons. The fourth-order valence-electron chi connectivity index (χ4n) is 4.57. The first-order valence-electron chi connectivity index (χ1n) is 10.6. The number of hydrogen-bond donors (Lipinski definition) is 1. The Labute approximate surface area is 167 Å². The molecule has 1 aromatic rings. The van der Waals surface area contributed by atoms with Crippen molar-refractivity contribution in [2.45, 2.75) is 51.1 Å². The summed E-state index contributed by atoms with van der Waals surface area (Å²) in [6.45, 7) is 3.87. The van der Waals surface area contributed by atoms with E-state index in [1.165, 1.54) is 24.1 Å². The zero-order chi connectivity index (χ0) is 19.5. The standard InChI is InChI=1S/C21H31N5O2/c1-24-10-4-7-19(24)20(27)25-11-13-26(14-12-25)21(28)22-15-17-9-8-16-5-2-3-6-18(16)23-17/h8-9,19H,2-7,10-15H2,1H3,(H,22,28). The monoisotopic (exact) mass is 385 g/mol. The lowest BCUT2D eigenvalue weighted by molar-refractivity contribution is -0.137. The highest BCUT2D eigenvalue weighted by atomic mass is 16.2. The average molecular weight is 386 g/mol. The Morgan fingerprint density at radius 3 is 2.54 bits per heavy atom. The summed E-state index contributed by atoms with van der Waals surface area (Å²) in [7, 11) is 2.02. The Morgan fingerprint density at radius 1 is 1.04 bits per heavy atom. The zero-order valence-electron chi connectivity index (χ0n) is 16.8. The van der Waals surface area contributed by atoms with E-state index in [9.17, 15) is 9.59 Å². The number of urea groups is 1.